The standard InChI is InChI=1S/C15H20O3/c1-5-17-15(16)12(4)10-13-6-8-14(9-7-13)18-11(2)3/h6-11H,5H2,1-4H3/b12-10+. The van der Waals surface area contributed by atoms with Gasteiger partial charge < -0.3 is 9.47 Å². The predicted molar refractivity (Wildman–Crippen MR) is 72.5 cm³/mol. The lowest BCUT2D eigenvalue weighted by molar-refractivity contribution is -0.138. The fraction of sp³-hybridized carbons (Fsp3) is 0.400. The Morgan fingerprint density at radius 2 is 1.89 bits per heavy atom. The highest BCUT2D eigenvalue weighted by molar-refractivity contribution is 5.92. The second-order valence-corrected chi connectivity index (χ2v) is 4.28. The van der Waals surface area contributed by atoms with E-state index in [-0.39, 0.29) is 12.1 Å². The number of benzene rings is 1. The summed E-state index contributed by atoms with van der Waals surface area (Å²) >= 11 is 0. The van der Waals surface area contributed by atoms with Crippen molar-refractivity contribution in [1.29, 1.82) is 0 Å². The van der Waals surface area contributed by atoms with Crippen molar-refractivity contribution in [2.45, 2.75) is 33.8 Å². The van der Waals surface area contributed by atoms with E-state index >= 15 is 0 Å². The minimum Gasteiger partial charge on any atom is -0.491 e. The number of carbonyl (C=O) groups excluding carboxylic acids is 1. The molecule has 0 spiro atoms. The van der Waals surface area contributed by atoms with Crippen molar-refractivity contribution in [2.24, 2.45) is 0 Å². The van der Waals surface area contributed by atoms with E-state index in [0.29, 0.717) is 12.2 Å². The Morgan fingerprint density at radius 1 is 1.28 bits per heavy atom. The second kappa shape index (κ2) is 6.84. The van der Waals surface area contributed by atoms with E-state index in [1.165, 1.54) is 0 Å². The van der Waals surface area contributed by atoms with Gasteiger partial charge in [0.05, 0.1) is 12.7 Å². The number of carbonyl (C=O) groups is 1. The molecule has 0 radical (unpaired) electrons. The van der Waals surface area contributed by atoms with Crippen LogP contribution < -0.4 is 4.74 Å². The number of ether oxygens (including phenoxy) is 2. The van der Waals surface area contributed by atoms with Crippen LogP contribution in [-0.4, -0.2) is 18.7 Å². The molecule has 1 rings (SSSR count). The van der Waals surface area contributed by atoms with Gasteiger partial charge >= 0.3 is 5.97 Å². The zero-order valence-electron chi connectivity index (χ0n) is 11.4. The molecule has 0 aliphatic heterocycles. The maximum atomic E-state index is 11.4. The van der Waals surface area contributed by atoms with E-state index in [9.17, 15) is 4.79 Å². The second-order valence-electron chi connectivity index (χ2n) is 4.28. The Labute approximate surface area is 108 Å². The van der Waals surface area contributed by atoms with Crippen LogP contribution in [0.15, 0.2) is 29.8 Å². The van der Waals surface area contributed by atoms with Crippen LogP contribution in [0.2, 0.25) is 0 Å². The SMILES string of the molecule is CCOC(=O)/C(C)=C/c1ccc(OC(C)C)cc1. The van der Waals surface area contributed by atoms with Gasteiger partial charge in [-0.2, -0.15) is 0 Å². The molecule has 3 heteroatoms. The molecule has 0 atom stereocenters. The van der Waals surface area contributed by atoms with Crippen molar-refractivity contribution in [3.05, 3.63) is 35.4 Å². The van der Waals surface area contributed by atoms with Gasteiger partial charge in [0.1, 0.15) is 5.75 Å². The Balaban J connectivity index is 2.73. The third-order valence-corrected chi connectivity index (χ3v) is 2.23. The minimum absolute atomic E-state index is 0.160. The van der Waals surface area contributed by atoms with Crippen molar-refractivity contribution < 1.29 is 14.3 Å². The molecular formula is C15H20O3. The minimum atomic E-state index is -0.278. The molecule has 0 fully saturated rings. The van der Waals surface area contributed by atoms with Gasteiger partial charge in [0.25, 0.3) is 0 Å². The zero-order valence-corrected chi connectivity index (χ0v) is 11.4. The molecule has 0 unspecified atom stereocenters. The highest BCUT2D eigenvalue weighted by Crippen LogP contribution is 2.16. The number of rotatable bonds is 5. The Kier molecular flexibility index (Phi) is 5.43. The molecule has 0 saturated carbocycles. The highest BCUT2D eigenvalue weighted by Gasteiger charge is 2.04. The van der Waals surface area contributed by atoms with Crippen LogP contribution in [-0.2, 0) is 9.53 Å². The Morgan fingerprint density at radius 3 is 2.39 bits per heavy atom. The van der Waals surface area contributed by atoms with Crippen molar-refractivity contribution >= 4 is 12.0 Å². The van der Waals surface area contributed by atoms with E-state index in [4.69, 9.17) is 9.47 Å². The van der Waals surface area contributed by atoms with Gasteiger partial charge in [0.2, 0.25) is 0 Å². The Bertz CT molecular complexity index is 416. The molecule has 0 heterocycles. The lowest BCUT2D eigenvalue weighted by atomic mass is 10.1. The first kappa shape index (κ1) is 14.3. The molecule has 0 N–H and O–H groups in total. The van der Waals surface area contributed by atoms with Gasteiger partial charge in [-0.15, -0.1) is 0 Å². The van der Waals surface area contributed by atoms with Crippen molar-refractivity contribution in [1.82, 2.24) is 0 Å². The maximum absolute atomic E-state index is 11.4. The summed E-state index contributed by atoms with van der Waals surface area (Å²) in [7, 11) is 0. The number of hydrogen-bond acceptors (Lipinski definition) is 3. The maximum Gasteiger partial charge on any atom is 0.333 e. The van der Waals surface area contributed by atoms with Crippen LogP contribution in [0.3, 0.4) is 0 Å². The summed E-state index contributed by atoms with van der Waals surface area (Å²) in [5, 5.41) is 0. The van der Waals surface area contributed by atoms with Gasteiger partial charge in [-0.3, -0.25) is 0 Å². The molecule has 1 aromatic carbocycles. The van der Waals surface area contributed by atoms with Gasteiger partial charge in [-0.05, 0) is 51.5 Å². The van der Waals surface area contributed by atoms with Gasteiger partial charge in [-0.1, -0.05) is 12.1 Å². The van der Waals surface area contributed by atoms with Crippen LogP contribution in [0, 0.1) is 0 Å². The summed E-state index contributed by atoms with van der Waals surface area (Å²) < 4.78 is 10.5. The van der Waals surface area contributed by atoms with Crippen LogP contribution in [0.5, 0.6) is 5.75 Å². The van der Waals surface area contributed by atoms with Gasteiger partial charge in [0.15, 0.2) is 0 Å². The summed E-state index contributed by atoms with van der Waals surface area (Å²) in [6.07, 6.45) is 1.96. The molecule has 0 aromatic heterocycles. The first-order valence-electron chi connectivity index (χ1n) is 6.15. The van der Waals surface area contributed by atoms with Gasteiger partial charge in [-0.25, -0.2) is 4.79 Å². The first-order chi connectivity index (χ1) is 8.52. The van der Waals surface area contributed by atoms with Crippen LogP contribution in [0.4, 0.5) is 0 Å². The average Bonchev–Trinajstić information content (AvgIpc) is 2.31. The molecule has 0 amide bonds. The predicted octanol–water partition coefficient (Wildman–Crippen LogP) is 3.44. The van der Waals surface area contributed by atoms with E-state index in [1.807, 2.05) is 38.1 Å². The van der Waals surface area contributed by atoms with Crippen LogP contribution in [0.25, 0.3) is 6.08 Å². The molecule has 3 nitrogen and oxygen atoms in total. The zero-order chi connectivity index (χ0) is 13.5. The van der Waals surface area contributed by atoms with Crippen molar-refractivity contribution in [3.63, 3.8) is 0 Å². The quantitative estimate of drug-likeness (QED) is 0.591. The first-order valence-corrected chi connectivity index (χ1v) is 6.15. The largest absolute Gasteiger partial charge is 0.491 e. The monoisotopic (exact) mass is 248 g/mol. The molecule has 18 heavy (non-hydrogen) atoms. The summed E-state index contributed by atoms with van der Waals surface area (Å²) in [6.45, 7) is 7.91. The Hall–Kier alpha value is -1.77. The summed E-state index contributed by atoms with van der Waals surface area (Å²) in [5.41, 5.74) is 1.55. The molecule has 0 aliphatic rings. The smallest absolute Gasteiger partial charge is 0.333 e. The molecule has 0 saturated heterocycles. The van der Waals surface area contributed by atoms with E-state index in [2.05, 4.69) is 0 Å². The molecule has 0 aliphatic carbocycles. The lowest BCUT2D eigenvalue weighted by Crippen LogP contribution is -2.05. The lowest BCUT2D eigenvalue weighted by Gasteiger charge is -2.09. The summed E-state index contributed by atoms with van der Waals surface area (Å²) in [5.74, 6) is 0.552. The topological polar surface area (TPSA) is 35.5 Å². The van der Waals surface area contributed by atoms with Gasteiger partial charge in [0, 0.05) is 5.57 Å². The van der Waals surface area contributed by atoms with E-state index < -0.39 is 0 Å². The third-order valence-electron chi connectivity index (χ3n) is 2.23. The van der Waals surface area contributed by atoms with E-state index in [0.717, 1.165) is 11.3 Å². The summed E-state index contributed by atoms with van der Waals surface area (Å²) in [6, 6.07) is 7.62. The van der Waals surface area contributed by atoms with Crippen molar-refractivity contribution in [2.75, 3.05) is 6.61 Å². The molecule has 0 bridgehead atoms. The number of esters is 1. The van der Waals surface area contributed by atoms with E-state index in [1.54, 1.807) is 19.9 Å². The van der Waals surface area contributed by atoms with Crippen molar-refractivity contribution in [3.8, 4) is 5.75 Å². The third kappa shape index (κ3) is 4.62. The molecule has 1 aromatic rings. The average molecular weight is 248 g/mol. The fourth-order valence-corrected chi connectivity index (χ4v) is 1.47. The summed E-state index contributed by atoms with van der Waals surface area (Å²) in [4.78, 5) is 11.4. The van der Waals surface area contributed by atoms with Crippen LogP contribution in [0.1, 0.15) is 33.3 Å². The van der Waals surface area contributed by atoms with Crippen LogP contribution >= 0.6 is 0 Å². The normalized spacial score (nSPS) is 11.5. The number of hydrogen-bond donors (Lipinski definition) is 0. The fourth-order valence-electron chi connectivity index (χ4n) is 1.47. The molecule has 98 valence electrons. The molecular weight excluding hydrogens is 228 g/mol. The highest BCUT2D eigenvalue weighted by atomic mass is 16.5.